The van der Waals surface area contributed by atoms with E-state index in [1.165, 1.54) is 83.5 Å². The zero-order valence-corrected chi connectivity index (χ0v) is 38.5. The Hall–Kier alpha value is -3.15. The molecule has 1 unspecified atom stereocenters. The van der Waals surface area contributed by atoms with Crippen molar-refractivity contribution in [3.8, 4) is 0 Å². The van der Waals surface area contributed by atoms with E-state index in [9.17, 15) is 14.4 Å². The van der Waals surface area contributed by atoms with Gasteiger partial charge in [-0.2, -0.15) is 0 Å². The zero-order valence-electron chi connectivity index (χ0n) is 38.5. The standard InChI is InChI=1S/C53H90O6/c1-4-7-10-13-16-19-22-24-26-27-28-30-31-34-37-40-43-46-52(55)58-49-50(48-57-51(54)45-42-39-36-33-21-18-15-12-9-6-3)59-53(56)47-44-41-38-35-32-29-25-23-20-17-14-11-8-5-2/h8,11,15,17-18,20,24,26,28,30,34,37,50H,4-7,9-10,12-14,16,19,21-23,25,27,29,31-33,35-36,38-49H2,1-3H3/b11-8-,18-15-,20-17-,26-24-,30-28-,37-34-. The van der Waals surface area contributed by atoms with E-state index in [4.69, 9.17) is 14.2 Å². The number of carbonyl (C=O) groups excluding carboxylic acids is 3. The third kappa shape index (κ3) is 45.8. The molecule has 59 heavy (non-hydrogen) atoms. The first-order valence-electron chi connectivity index (χ1n) is 24.4. The summed E-state index contributed by atoms with van der Waals surface area (Å²) in [5.74, 6) is -0.979. The Morgan fingerprint density at radius 3 is 1.17 bits per heavy atom. The lowest BCUT2D eigenvalue weighted by Crippen LogP contribution is -2.30. The molecule has 6 nitrogen and oxygen atoms in total. The summed E-state index contributed by atoms with van der Waals surface area (Å²) in [4.78, 5) is 37.8. The van der Waals surface area contributed by atoms with Crippen molar-refractivity contribution in [1.82, 2.24) is 0 Å². The summed E-state index contributed by atoms with van der Waals surface area (Å²) in [5, 5.41) is 0. The van der Waals surface area contributed by atoms with Gasteiger partial charge in [0.25, 0.3) is 0 Å². The molecular weight excluding hydrogens is 733 g/mol. The maximum Gasteiger partial charge on any atom is 0.306 e. The molecule has 0 aromatic rings. The molecule has 0 aromatic heterocycles. The Morgan fingerprint density at radius 1 is 0.356 bits per heavy atom. The quantitative estimate of drug-likeness (QED) is 0.0264. The predicted molar refractivity (Wildman–Crippen MR) is 251 cm³/mol. The van der Waals surface area contributed by atoms with Crippen molar-refractivity contribution < 1.29 is 28.6 Å². The van der Waals surface area contributed by atoms with Gasteiger partial charge in [0.2, 0.25) is 0 Å². The van der Waals surface area contributed by atoms with Gasteiger partial charge in [-0.25, -0.2) is 0 Å². The molecule has 0 bridgehead atoms. The van der Waals surface area contributed by atoms with E-state index in [1.54, 1.807) is 0 Å². The number of ether oxygens (including phenoxy) is 3. The normalized spacial score (nSPS) is 12.7. The van der Waals surface area contributed by atoms with Crippen LogP contribution in [0.3, 0.4) is 0 Å². The lowest BCUT2D eigenvalue weighted by atomic mass is 10.1. The van der Waals surface area contributed by atoms with Crippen LogP contribution in [0, 0.1) is 0 Å². The molecular formula is C53H90O6. The minimum Gasteiger partial charge on any atom is -0.462 e. The van der Waals surface area contributed by atoms with Gasteiger partial charge >= 0.3 is 17.9 Å². The highest BCUT2D eigenvalue weighted by Gasteiger charge is 2.19. The van der Waals surface area contributed by atoms with Gasteiger partial charge in [0, 0.05) is 19.3 Å². The first-order valence-corrected chi connectivity index (χ1v) is 24.4. The van der Waals surface area contributed by atoms with Crippen molar-refractivity contribution in [1.29, 1.82) is 0 Å². The molecule has 0 aliphatic rings. The van der Waals surface area contributed by atoms with Crippen LogP contribution in [0.25, 0.3) is 0 Å². The van der Waals surface area contributed by atoms with E-state index in [0.29, 0.717) is 19.3 Å². The average molecular weight is 823 g/mol. The van der Waals surface area contributed by atoms with Crippen molar-refractivity contribution >= 4 is 17.9 Å². The Bertz CT molecular complexity index is 1130. The summed E-state index contributed by atoms with van der Waals surface area (Å²) < 4.78 is 16.7. The van der Waals surface area contributed by atoms with Crippen molar-refractivity contribution in [2.45, 2.75) is 232 Å². The second-order valence-electron chi connectivity index (χ2n) is 16.0. The summed E-state index contributed by atoms with van der Waals surface area (Å²) in [7, 11) is 0. The molecule has 0 N–H and O–H groups in total. The Kier molecular flexibility index (Phi) is 45.0. The fourth-order valence-corrected chi connectivity index (χ4v) is 6.48. The number of unbranched alkanes of at least 4 members (excludes halogenated alkanes) is 20. The third-order valence-electron chi connectivity index (χ3n) is 10.2. The molecule has 1 atom stereocenters. The molecule has 0 aliphatic heterocycles. The van der Waals surface area contributed by atoms with Gasteiger partial charge in [0.05, 0.1) is 0 Å². The molecule has 6 heteroatoms. The van der Waals surface area contributed by atoms with Crippen LogP contribution in [0.5, 0.6) is 0 Å². The number of allylic oxidation sites excluding steroid dienone is 12. The minimum atomic E-state index is -0.802. The van der Waals surface area contributed by atoms with E-state index >= 15 is 0 Å². The van der Waals surface area contributed by atoms with Gasteiger partial charge < -0.3 is 14.2 Å². The van der Waals surface area contributed by atoms with Crippen LogP contribution in [0.15, 0.2) is 72.9 Å². The summed E-state index contributed by atoms with van der Waals surface area (Å²) >= 11 is 0. The molecule has 0 saturated heterocycles. The van der Waals surface area contributed by atoms with Crippen LogP contribution in [0.1, 0.15) is 226 Å². The van der Waals surface area contributed by atoms with Crippen molar-refractivity contribution in [2.75, 3.05) is 13.2 Å². The maximum absolute atomic E-state index is 12.7. The van der Waals surface area contributed by atoms with Crippen molar-refractivity contribution in [3.05, 3.63) is 72.9 Å². The van der Waals surface area contributed by atoms with E-state index in [-0.39, 0.29) is 37.5 Å². The molecule has 0 spiro atoms. The summed E-state index contributed by atoms with van der Waals surface area (Å²) in [6, 6.07) is 0. The largest absolute Gasteiger partial charge is 0.462 e. The smallest absolute Gasteiger partial charge is 0.306 e. The second-order valence-corrected chi connectivity index (χ2v) is 16.0. The van der Waals surface area contributed by atoms with E-state index in [2.05, 4.69) is 93.7 Å². The summed E-state index contributed by atoms with van der Waals surface area (Å²) in [6.07, 6.45) is 58.9. The van der Waals surface area contributed by atoms with Crippen LogP contribution in [0.4, 0.5) is 0 Å². The van der Waals surface area contributed by atoms with Crippen LogP contribution < -0.4 is 0 Å². The molecule has 0 radical (unpaired) electrons. The van der Waals surface area contributed by atoms with Gasteiger partial charge in [-0.1, -0.05) is 184 Å². The Morgan fingerprint density at radius 2 is 0.695 bits per heavy atom. The van der Waals surface area contributed by atoms with Crippen LogP contribution in [-0.4, -0.2) is 37.2 Å². The number of rotatable bonds is 43. The molecule has 0 aromatic carbocycles. The van der Waals surface area contributed by atoms with Crippen LogP contribution >= 0.6 is 0 Å². The Balaban J connectivity index is 4.46. The first-order chi connectivity index (χ1) is 29.0. The van der Waals surface area contributed by atoms with Crippen molar-refractivity contribution in [2.24, 2.45) is 0 Å². The lowest BCUT2D eigenvalue weighted by molar-refractivity contribution is -0.167. The van der Waals surface area contributed by atoms with Gasteiger partial charge in [-0.15, -0.1) is 0 Å². The maximum atomic E-state index is 12.7. The highest BCUT2D eigenvalue weighted by Crippen LogP contribution is 2.13. The van der Waals surface area contributed by atoms with Crippen LogP contribution in [0.2, 0.25) is 0 Å². The molecule has 0 amide bonds. The monoisotopic (exact) mass is 823 g/mol. The van der Waals surface area contributed by atoms with Crippen LogP contribution in [-0.2, 0) is 28.6 Å². The van der Waals surface area contributed by atoms with E-state index in [0.717, 1.165) is 96.3 Å². The molecule has 338 valence electrons. The van der Waals surface area contributed by atoms with Gasteiger partial charge in [-0.3, -0.25) is 14.4 Å². The molecule has 0 heterocycles. The summed E-state index contributed by atoms with van der Waals surface area (Å²) in [5.41, 5.74) is 0. The van der Waals surface area contributed by atoms with Gasteiger partial charge in [0.1, 0.15) is 13.2 Å². The predicted octanol–water partition coefficient (Wildman–Crippen LogP) is 15.9. The topological polar surface area (TPSA) is 78.9 Å². The number of hydrogen-bond donors (Lipinski definition) is 0. The van der Waals surface area contributed by atoms with E-state index in [1.807, 2.05) is 0 Å². The van der Waals surface area contributed by atoms with Crippen molar-refractivity contribution in [3.63, 3.8) is 0 Å². The molecule has 0 fully saturated rings. The fourth-order valence-electron chi connectivity index (χ4n) is 6.48. The second kappa shape index (κ2) is 47.5. The van der Waals surface area contributed by atoms with Gasteiger partial charge in [-0.05, 0) is 96.3 Å². The zero-order chi connectivity index (χ0) is 43.0. The number of carbonyl (C=O) groups is 3. The lowest BCUT2D eigenvalue weighted by Gasteiger charge is -2.18. The van der Waals surface area contributed by atoms with Gasteiger partial charge in [0.15, 0.2) is 6.10 Å². The fraction of sp³-hybridized carbons (Fsp3) is 0.717. The van der Waals surface area contributed by atoms with E-state index < -0.39 is 6.10 Å². The highest BCUT2D eigenvalue weighted by atomic mass is 16.6. The highest BCUT2D eigenvalue weighted by molar-refractivity contribution is 5.71. The molecule has 0 rings (SSSR count). The average Bonchev–Trinajstić information content (AvgIpc) is 3.23. The molecule has 0 saturated carbocycles. The first kappa shape index (κ1) is 55.9. The SMILES string of the molecule is CC/C=C\C/C=C\CCCCCCCCCC(=O)OC(COC(=O)CCC/C=C\C/C=C\C/C=C\CCCCCCCC)COC(=O)CCCCCC/C=C\CCCC. The number of hydrogen-bond acceptors (Lipinski definition) is 6. The number of esters is 3. The minimum absolute atomic E-state index is 0.101. The molecule has 0 aliphatic carbocycles. The summed E-state index contributed by atoms with van der Waals surface area (Å²) in [6.45, 7) is 6.41. The third-order valence-corrected chi connectivity index (χ3v) is 10.2. The Labute approximate surface area is 363 Å².